The van der Waals surface area contributed by atoms with Crippen molar-refractivity contribution in [1.29, 1.82) is 0 Å². The van der Waals surface area contributed by atoms with Gasteiger partial charge >= 0.3 is 0 Å². The fraction of sp³-hybridized carbons (Fsp3) is 0.357. The molecule has 0 fully saturated rings. The van der Waals surface area contributed by atoms with Crippen molar-refractivity contribution in [3.05, 3.63) is 48.0 Å². The van der Waals surface area contributed by atoms with E-state index in [0.717, 1.165) is 0 Å². The van der Waals surface area contributed by atoms with Crippen LogP contribution < -0.4 is 0 Å². The van der Waals surface area contributed by atoms with E-state index < -0.39 is 0 Å². The molecule has 1 heteroatoms. The van der Waals surface area contributed by atoms with Gasteiger partial charge in [-0.15, -0.1) is 0 Å². The molecule has 0 N–H and O–H groups in total. The molecule has 0 saturated heterocycles. The molecule has 0 radical (unpaired) electrons. The normalized spacial score (nSPS) is 24.1. The third-order valence-corrected chi connectivity index (χ3v) is 3.20. The van der Waals surface area contributed by atoms with Crippen LogP contribution in [0.4, 0.5) is 0 Å². The van der Waals surface area contributed by atoms with Crippen molar-refractivity contribution in [2.75, 3.05) is 0 Å². The molecule has 1 unspecified atom stereocenters. The van der Waals surface area contributed by atoms with E-state index in [0.29, 0.717) is 12.3 Å². The summed E-state index contributed by atoms with van der Waals surface area (Å²) in [6.07, 6.45) is 4.39. The van der Waals surface area contributed by atoms with Gasteiger partial charge in [-0.3, -0.25) is 4.79 Å². The number of carbonyl (C=O) groups is 1. The van der Waals surface area contributed by atoms with Crippen LogP contribution in [0.3, 0.4) is 0 Å². The minimum absolute atomic E-state index is 0.0786. The van der Waals surface area contributed by atoms with Crippen LogP contribution in [0.2, 0.25) is 0 Å². The summed E-state index contributed by atoms with van der Waals surface area (Å²) in [5.41, 5.74) is 1.34. The zero-order valence-corrected chi connectivity index (χ0v) is 9.23. The number of rotatable bonds is 1. The van der Waals surface area contributed by atoms with E-state index in [1.807, 2.05) is 24.3 Å². The number of hydrogen-bond donors (Lipinski definition) is 0. The van der Waals surface area contributed by atoms with Gasteiger partial charge < -0.3 is 0 Å². The van der Waals surface area contributed by atoms with Crippen LogP contribution in [0.1, 0.15) is 31.7 Å². The van der Waals surface area contributed by atoms with Crippen molar-refractivity contribution in [1.82, 2.24) is 0 Å². The summed E-state index contributed by atoms with van der Waals surface area (Å²) in [5.74, 6) is 0.555. The average Bonchev–Trinajstić information content (AvgIpc) is 2.23. The van der Waals surface area contributed by atoms with Gasteiger partial charge in [0.25, 0.3) is 0 Å². The van der Waals surface area contributed by atoms with Crippen LogP contribution in [0.5, 0.6) is 0 Å². The molecule has 1 nitrogen and oxygen atoms in total. The topological polar surface area (TPSA) is 17.1 Å². The summed E-state index contributed by atoms with van der Waals surface area (Å²) in [7, 11) is 0. The summed E-state index contributed by atoms with van der Waals surface area (Å²) in [6.45, 7) is 4.38. The highest BCUT2D eigenvalue weighted by atomic mass is 16.1. The summed E-state index contributed by atoms with van der Waals surface area (Å²) in [5, 5.41) is 0. The zero-order valence-electron chi connectivity index (χ0n) is 9.23. The maximum absolute atomic E-state index is 11.4. The molecule has 1 aliphatic carbocycles. The van der Waals surface area contributed by atoms with Crippen LogP contribution in [0.25, 0.3) is 0 Å². The smallest absolute Gasteiger partial charge is 0.156 e. The monoisotopic (exact) mass is 200 g/mol. The molecule has 0 amide bonds. The molecule has 15 heavy (non-hydrogen) atoms. The Kier molecular flexibility index (Phi) is 2.47. The Bertz CT molecular complexity index is 387. The van der Waals surface area contributed by atoms with Gasteiger partial charge in [-0.2, -0.15) is 0 Å². The van der Waals surface area contributed by atoms with E-state index in [2.05, 4.69) is 26.0 Å². The number of allylic oxidation sites excluding steroid dienone is 2. The first-order chi connectivity index (χ1) is 7.09. The Balaban J connectivity index is 2.37. The van der Waals surface area contributed by atoms with Gasteiger partial charge in [0.1, 0.15) is 0 Å². The molecule has 0 bridgehead atoms. The van der Waals surface area contributed by atoms with Crippen molar-refractivity contribution < 1.29 is 4.79 Å². The molecule has 0 saturated carbocycles. The Labute approximate surface area is 90.8 Å². The maximum Gasteiger partial charge on any atom is 0.156 e. The van der Waals surface area contributed by atoms with Crippen molar-refractivity contribution in [3.63, 3.8) is 0 Å². The lowest BCUT2D eigenvalue weighted by Gasteiger charge is -2.34. The minimum atomic E-state index is 0.0786. The number of ketones is 1. The Morgan fingerprint density at radius 2 is 1.87 bits per heavy atom. The number of benzene rings is 1. The standard InChI is InChI=1S/C14H16O/c1-14(2)9-8-12(15)10-13(14)11-6-4-3-5-7-11/h3-9,13H,10H2,1-2H3. The van der Waals surface area contributed by atoms with E-state index in [-0.39, 0.29) is 11.2 Å². The third-order valence-electron chi connectivity index (χ3n) is 3.20. The number of carbonyl (C=O) groups excluding carboxylic acids is 1. The van der Waals surface area contributed by atoms with E-state index in [4.69, 9.17) is 0 Å². The lowest BCUT2D eigenvalue weighted by Crippen LogP contribution is -2.26. The second-order valence-corrected chi connectivity index (χ2v) is 4.79. The molecule has 0 aromatic heterocycles. The van der Waals surface area contributed by atoms with E-state index in [1.54, 1.807) is 6.08 Å². The van der Waals surface area contributed by atoms with Crippen LogP contribution >= 0.6 is 0 Å². The van der Waals surface area contributed by atoms with E-state index in [9.17, 15) is 4.79 Å². The molecule has 1 aromatic carbocycles. The Morgan fingerprint density at radius 3 is 2.53 bits per heavy atom. The van der Waals surface area contributed by atoms with Gasteiger partial charge in [-0.1, -0.05) is 50.3 Å². The minimum Gasteiger partial charge on any atom is -0.295 e. The first kappa shape index (κ1) is 10.2. The quantitative estimate of drug-likeness (QED) is 0.679. The predicted molar refractivity (Wildman–Crippen MR) is 61.7 cm³/mol. The fourth-order valence-electron chi connectivity index (χ4n) is 2.19. The van der Waals surface area contributed by atoms with Crippen LogP contribution in [0, 0.1) is 5.41 Å². The summed E-state index contributed by atoms with van der Waals surface area (Å²) in [4.78, 5) is 11.4. The van der Waals surface area contributed by atoms with Gasteiger partial charge in [0.15, 0.2) is 5.78 Å². The first-order valence-corrected chi connectivity index (χ1v) is 5.36. The lowest BCUT2D eigenvalue weighted by molar-refractivity contribution is -0.116. The lowest BCUT2D eigenvalue weighted by atomic mass is 9.69. The molecule has 2 rings (SSSR count). The summed E-state index contributed by atoms with van der Waals surface area (Å²) in [6, 6.07) is 10.3. The molecule has 78 valence electrons. The predicted octanol–water partition coefficient (Wildman–Crippen LogP) is 3.33. The fourth-order valence-corrected chi connectivity index (χ4v) is 2.19. The van der Waals surface area contributed by atoms with E-state index >= 15 is 0 Å². The molecule has 0 heterocycles. The van der Waals surface area contributed by atoms with E-state index in [1.165, 1.54) is 5.56 Å². The van der Waals surface area contributed by atoms with Crippen molar-refractivity contribution >= 4 is 5.78 Å². The molecular formula is C14H16O. The summed E-state index contributed by atoms with van der Waals surface area (Å²) < 4.78 is 0. The second kappa shape index (κ2) is 3.65. The molecule has 0 aliphatic heterocycles. The Hall–Kier alpha value is -1.37. The molecule has 1 aromatic rings. The largest absolute Gasteiger partial charge is 0.295 e. The molecule has 0 spiro atoms. The van der Waals surface area contributed by atoms with Gasteiger partial charge in [-0.05, 0) is 23.0 Å². The maximum atomic E-state index is 11.4. The van der Waals surface area contributed by atoms with Crippen LogP contribution in [-0.4, -0.2) is 5.78 Å². The van der Waals surface area contributed by atoms with Crippen LogP contribution in [-0.2, 0) is 4.79 Å². The van der Waals surface area contributed by atoms with Gasteiger partial charge in [0, 0.05) is 6.42 Å². The van der Waals surface area contributed by atoms with Crippen LogP contribution in [0.15, 0.2) is 42.5 Å². The SMILES string of the molecule is CC1(C)C=CC(=O)CC1c1ccccc1. The van der Waals surface area contributed by atoms with Crippen molar-refractivity contribution in [3.8, 4) is 0 Å². The average molecular weight is 200 g/mol. The van der Waals surface area contributed by atoms with Crippen molar-refractivity contribution in [2.24, 2.45) is 5.41 Å². The Morgan fingerprint density at radius 1 is 1.20 bits per heavy atom. The molecule has 1 aliphatic rings. The second-order valence-electron chi connectivity index (χ2n) is 4.79. The molecule has 1 atom stereocenters. The zero-order chi connectivity index (χ0) is 10.9. The third kappa shape index (κ3) is 2.01. The highest BCUT2D eigenvalue weighted by Gasteiger charge is 2.32. The van der Waals surface area contributed by atoms with Gasteiger partial charge in [-0.25, -0.2) is 0 Å². The number of hydrogen-bond acceptors (Lipinski definition) is 1. The van der Waals surface area contributed by atoms with Crippen molar-refractivity contribution in [2.45, 2.75) is 26.2 Å². The highest BCUT2D eigenvalue weighted by Crippen LogP contribution is 2.41. The first-order valence-electron chi connectivity index (χ1n) is 5.36. The summed E-state index contributed by atoms with van der Waals surface area (Å²) >= 11 is 0. The van der Waals surface area contributed by atoms with Gasteiger partial charge in [0.2, 0.25) is 0 Å². The molecular weight excluding hydrogens is 184 g/mol. The highest BCUT2D eigenvalue weighted by molar-refractivity contribution is 5.91. The van der Waals surface area contributed by atoms with Gasteiger partial charge in [0.05, 0.1) is 0 Å².